The molecule has 8 heteroatoms. The normalized spacial score (nSPS) is 20.5. The lowest BCUT2D eigenvalue weighted by Crippen LogP contribution is -2.47. The number of rotatable bonds is 6. The average Bonchev–Trinajstić information content (AvgIpc) is 3.22. The molecule has 0 spiro atoms. The number of nitrogens with one attached hydrogen (secondary N) is 1. The lowest BCUT2D eigenvalue weighted by Gasteiger charge is -2.36. The Morgan fingerprint density at radius 3 is 2.72 bits per heavy atom. The number of benzene rings is 1. The second-order valence-electron chi connectivity index (χ2n) is 9.14. The van der Waals surface area contributed by atoms with Gasteiger partial charge in [0.05, 0.1) is 24.2 Å². The quantitative estimate of drug-likeness (QED) is 0.699. The van der Waals surface area contributed by atoms with Gasteiger partial charge in [-0.2, -0.15) is 0 Å². The Balaban J connectivity index is 1.23. The van der Waals surface area contributed by atoms with Crippen LogP contribution >= 0.6 is 0 Å². The van der Waals surface area contributed by atoms with Crippen LogP contribution in [-0.2, 0) is 11.3 Å². The van der Waals surface area contributed by atoms with Crippen molar-refractivity contribution >= 4 is 22.8 Å². The monoisotopic (exact) mass is 439 g/mol. The molecule has 1 saturated carbocycles. The fourth-order valence-electron chi connectivity index (χ4n) is 5.27. The van der Waals surface area contributed by atoms with E-state index < -0.39 is 0 Å². The second kappa shape index (κ2) is 9.58. The maximum atomic E-state index is 13.2. The van der Waals surface area contributed by atoms with Crippen molar-refractivity contribution in [2.75, 3.05) is 45.9 Å². The van der Waals surface area contributed by atoms with E-state index in [1.165, 1.54) is 19.3 Å². The van der Waals surface area contributed by atoms with Gasteiger partial charge >= 0.3 is 0 Å². The third kappa shape index (κ3) is 4.38. The third-order valence-electron chi connectivity index (χ3n) is 7.08. The molecule has 3 aliphatic rings. The molecule has 0 bridgehead atoms. The molecule has 32 heavy (non-hydrogen) atoms. The van der Waals surface area contributed by atoms with Crippen molar-refractivity contribution in [2.24, 2.45) is 0 Å². The first kappa shape index (κ1) is 21.4. The number of amides is 2. The van der Waals surface area contributed by atoms with E-state index >= 15 is 0 Å². The number of carbonyl (C=O) groups excluding carboxylic acids is 2. The Kier molecular flexibility index (Phi) is 6.41. The highest BCUT2D eigenvalue weighted by Crippen LogP contribution is 2.28. The molecule has 5 rings (SSSR count). The first-order chi connectivity index (χ1) is 15.7. The summed E-state index contributed by atoms with van der Waals surface area (Å²) in [6, 6.07) is 5.93. The van der Waals surface area contributed by atoms with Crippen molar-refractivity contribution in [3.63, 3.8) is 0 Å². The number of carbonyl (C=O) groups is 2. The fourth-order valence-corrected chi connectivity index (χ4v) is 5.27. The van der Waals surface area contributed by atoms with Gasteiger partial charge in [0.2, 0.25) is 0 Å². The third-order valence-corrected chi connectivity index (χ3v) is 7.08. The van der Waals surface area contributed by atoms with Crippen LogP contribution < -0.4 is 5.32 Å². The lowest BCUT2D eigenvalue weighted by molar-refractivity contribution is 0.0374. The van der Waals surface area contributed by atoms with E-state index in [9.17, 15) is 9.59 Å². The number of hydrogen-bond donors (Lipinski definition) is 1. The highest BCUT2D eigenvalue weighted by atomic mass is 16.5. The van der Waals surface area contributed by atoms with E-state index in [1.807, 2.05) is 27.7 Å². The minimum absolute atomic E-state index is 0.0356. The highest BCUT2D eigenvalue weighted by molar-refractivity contribution is 6.00. The second-order valence-corrected chi connectivity index (χ2v) is 9.14. The summed E-state index contributed by atoms with van der Waals surface area (Å²) in [5, 5.41) is 3.02. The maximum Gasteiger partial charge on any atom is 0.290 e. The van der Waals surface area contributed by atoms with Gasteiger partial charge in [0.15, 0.2) is 5.82 Å². The Labute approximate surface area is 188 Å². The number of fused-ring (bicyclic) bond motifs is 3. The van der Waals surface area contributed by atoms with Crippen molar-refractivity contribution in [3.05, 3.63) is 29.6 Å². The zero-order chi connectivity index (χ0) is 21.9. The first-order valence-electron chi connectivity index (χ1n) is 12.1. The minimum Gasteiger partial charge on any atom is -0.379 e. The van der Waals surface area contributed by atoms with Crippen molar-refractivity contribution in [2.45, 2.75) is 51.1 Å². The number of aromatic nitrogens is 2. The van der Waals surface area contributed by atoms with E-state index in [1.54, 1.807) is 0 Å². The number of morpholine rings is 1. The van der Waals surface area contributed by atoms with Gasteiger partial charge in [-0.25, -0.2) is 4.98 Å². The molecule has 2 aliphatic heterocycles. The molecule has 1 aromatic carbocycles. The van der Waals surface area contributed by atoms with Gasteiger partial charge < -0.3 is 19.5 Å². The molecule has 1 aliphatic carbocycles. The van der Waals surface area contributed by atoms with Crippen LogP contribution in [0.1, 0.15) is 59.5 Å². The van der Waals surface area contributed by atoms with Gasteiger partial charge in [0, 0.05) is 44.3 Å². The van der Waals surface area contributed by atoms with E-state index in [-0.39, 0.29) is 11.8 Å². The highest BCUT2D eigenvalue weighted by Gasteiger charge is 2.33. The van der Waals surface area contributed by atoms with Crippen LogP contribution in [0.5, 0.6) is 0 Å². The first-order valence-corrected chi connectivity index (χ1v) is 12.1. The summed E-state index contributed by atoms with van der Waals surface area (Å²) >= 11 is 0. The Bertz CT molecular complexity index is 975. The summed E-state index contributed by atoms with van der Waals surface area (Å²) in [7, 11) is 0. The number of hydrogen-bond acceptors (Lipinski definition) is 5. The Morgan fingerprint density at radius 2 is 1.91 bits per heavy atom. The molecule has 1 N–H and O–H groups in total. The van der Waals surface area contributed by atoms with Crippen LogP contribution in [-0.4, -0.2) is 83.1 Å². The summed E-state index contributed by atoms with van der Waals surface area (Å²) in [5.41, 5.74) is 2.25. The topological polar surface area (TPSA) is 79.7 Å². The van der Waals surface area contributed by atoms with Crippen LogP contribution in [0, 0.1) is 0 Å². The molecule has 1 aromatic heterocycles. The Morgan fingerprint density at radius 1 is 1.09 bits per heavy atom. The molecular weight excluding hydrogens is 406 g/mol. The molecule has 0 unspecified atom stereocenters. The van der Waals surface area contributed by atoms with Gasteiger partial charge in [-0.1, -0.05) is 19.3 Å². The molecule has 2 amide bonds. The van der Waals surface area contributed by atoms with Crippen molar-refractivity contribution in [1.82, 2.24) is 24.7 Å². The van der Waals surface area contributed by atoms with E-state index in [2.05, 4.69) is 15.2 Å². The standard InChI is InChI=1S/C24H33N5O3/c30-23(25-9-4-10-27-13-15-32-16-14-27)18-7-8-21-20(17-18)26-22-24(31)28(11-12-29(21)22)19-5-2-1-3-6-19/h7-8,17,19H,1-6,9-16H2,(H,25,30). The van der Waals surface area contributed by atoms with Gasteiger partial charge in [-0.05, 0) is 44.0 Å². The van der Waals surface area contributed by atoms with Crippen molar-refractivity contribution in [3.8, 4) is 0 Å². The lowest BCUT2D eigenvalue weighted by atomic mass is 9.94. The summed E-state index contributed by atoms with van der Waals surface area (Å²) in [4.78, 5) is 34.9. The molecule has 3 heterocycles. The maximum absolute atomic E-state index is 13.2. The minimum atomic E-state index is -0.0880. The predicted molar refractivity (Wildman–Crippen MR) is 122 cm³/mol. The van der Waals surface area contributed by atoms with Gasteiger partial charge in [-0.3, -0.25) is 14.5 Å². The predicted octanol–water partition coefficient (Wildman–Crippen LogP) is 2.28. The molecule has 1 saturated heterocycles. The van der Waals surface area contributed by atoms with Gasteiger partial charge in [-0.15, -0.1) is 0 Å². The smallest absolute Gasteiger partial charge is 0.290 e. The van der Waals surface area contributed by atoms with E-state index in [0.29, 0.717) is 24.0 Å². The van der Waals surface area contributed by atoms with E-state index in [4.69, 9.17) is 4.74 Å². The van der Waals surface area contributed by atoms with Crippen LogP contribution in [0.3, 0.4) is 0 Å². The average molecular weight is 440 g/mol. The number of nitrogens with zero attached hydrogens (tertiary/aromatic N) is 4. The molecule has 8 nitrogen and oxygen atoms in total. The van der Waals surface area contributed by atoms with Crippen molar-refractivity contribution < 1.29 is 14.3 Å². The molecular formula is C24H33N5O3. The van der Waals surface area contributed by atoms with E-state index in [0.717, 1.165) is 76.2 Å². The molecule has 2 aromatic rings. The summed E-state index contributed by atoms with van der Waals surface area (Å²) < 4.78 is 7.38. The summed E-state index contributed by atoms with van der Waals surface area (Å²) in [5.74, 6) is 0.461. The molecule has 172 valence electrons. The summed E-state index contributed by atoms with van der Waals surface area (Å²) in [6.07, 6.45) is 6.79. The van der Waals surface area contributed by atoms with Crippen LogP contribution in [0.15, 0.2) is 18.2 Å². The number of ether oxygens (including phenoxy) is 1. The van der Waals surface area contributed by atoms with Crippen molar-refractivity contribution in [1.29, 1.82) is 0 Å². The Hall–Kier alpha value is -2.45. The van der Waals surface area contributed by atoms with Crippen LogP contribution in [0.4, 0.5) is 0 Å². The zero-order valence-electron chi connectivity index (χ0n) is 18.7. The van der Waals surface area contributed by atoms with Gasteiger partial charge in [0.25, 0.3) is 11.8 Å². The largest absolute Gasteiger partial charge is 0.379 e. The fraction of sp³-hybridized carbons (Fsp3) is 0.625. The molecule has 2 fully saturated rings. The zero-order valence-corrected chi connectivity index (χ0v) is 18.7. The van der Waals surface area contributed by atoms with Crippen LogP contribution in [0.2, 0.25) is 0 Å². The van der Waals surface area contributed by atoms with Gasteiger partial charge in [0.1, 0.15) is 0 Å². The summed E-state index contributed by atoms with van der Waals surface area (Å²) in [6.45, 7) is 6.64. The molecule has 0 radical (unpaired) electrons. The van der Waals surface area contributed by atoms with Crippen LogP contribution in [0.25, 0.3) is 11.0 Å². The number of imidazole rings is 1. The molecule has 0 atom stereocenters. The SMILES string of the molecule is O=C(NCCCN1CCOCC1)c1ccc2c(c1)nc1n2CCN(C2CCCCC2)C1=O.